The molecule has 0 amide bonds. The van der Waals surface area contributed by atoms with Crippen LogP contribution in [0.15, 0.2) is 78.3 Å². The van der Waals surface area contributed by atoms with Crippen LogP contribution in [0.5, 0.6) is 0 Å². The van der Waals surface area contributed by atoms with E-state index in [0.29, 0.717) is 39.3 Å². The van der Waals surface area contributed by atoms with E-state index in [1.54, 1.807) is 25.3 Å². The molecule has 0 saturated carbocycles. The van der Waals surface area contributed by atoms with Gasteiger partial charge >= 0.3 is 0 Å². The van der Waals surface area contributed by atoms with E-state index in [-0.39, 0.29) is 0 Å². The molecule has 0 aromatic carbocycles. The van der Waals surface area contributed by atoms with Crippen molar-refractivity contribution in [2.75, 3.05) is 26.2 Å². The largest absolute Gasteiger partial charge is 0.356 e. The smallest absolute Gasteiger partial charge is 0.191 e. The van der Waals surface area contributed by atoms with Crippen molar-refractivity contribution in [3.8, 4) is 0 Å². The predicted octanol–water partition coefficient (Wildman–Crippen LogP) is 1.02. The van der Waals surface area contributed by atoms with Gasteiger partial charge in [-0.05, 0) is 12.1 Å². The maximum atomic E-state index is 4.82. The van der Waals surface area contributed by atoms with Gasteiger partial charge < -0.3 is 41.2 Å². The zero-order valence-electron chi connectivity index (χ0n) is 24.6. The third-order valence-electron chi connectivity index (χ3n) is 6.63. The Morgan fingerprint density at radius 2 is 0.864 bits per heavy atom. The zero-order chi connectivity index (χ0) is 30.1. The first-order valence-corrected chi connectivity index (χ1v) is 14.7. The lowest BCUT2D eigenvalue weighted by Gasteiger charge is -2.13. The molecule has 0 aliphatic rings. The molecule has 0 unspecified atom stereocenters. The van der Waals surface area contributed by atoms with Gasteiger partial charge in [0, 0.05) is 99.4 Å². The van der Waals surface area contributed by atoms with Crippen molar-refractivity contribution in [2.24, 2.45) is 9.98 Å². The van der Waals surface area contributed by atoms with Gasteiger partial charge in [-0.3, -0.25) is 4.98 Å². The summed E-state index contributed by atoms with van der Waals surface area (Å²) in [4.78, 5) is 43.3. The summed E-state index contributed by atoms with van der Waals surface area (Å²) in [6.45, 7) is 3.71. The summed E-state index contributed by atoms with van der Waals surface area (Å²) in [5.74, 6) is 1.44. The Bertz CT molecular complexity index is 1310. The second-order valence-electron chi connectivity index (χ2n) is 9.96. The minimum Gasteiger partial charge on any atom is -0.356 e. The monoisotopic (exact) mass is 597 g/mol. The third kappa shape index (κ3) is 10.4. The van der Waals surface area contributed by atoms with Gasteiger partial charge in [0.2, 0.25) is 0 Å². The molecule has 0 bridgehead atoms. The molecule has 5 rings (SSSR count). The number of aromatic nitrogens is 9. The molecule has 0 aliphatic heterocycles. The minimum atomic E-state index is 0.429. The molecule has 5 aromatic heterocycles. The molecule has 8 N–H and O–H groups in total. The number of imidazole rings is 4. The Hall–Kier alpha value is -5.47. The fourth-order valence-corrected chi connectivity index (χ4v) is 4.32. The second kappa shape index (κ2) is 16.8. The second-order valence-corrected chi connectivity index (χ2v) is 9.96. The van der Waals surface area contributed by atoms with Gasteiger partial charge in [0.15, 0.2) is 11.9 Å². The summed E-state index contributed by atoms with van der Waals surface area (Å²) in [7, 11) is 0. The van der Waals surface area contributed by atoms with Gasteiger partial charge in [-0.25, -0.2) is 29.9 Å². The van der Waals surface area contributed by atoms with Crippen molar-refractivity contribution < 1.29 is 0 Å². The highest BCUT2D eigenvalue weighted by molar-refractivity contribution is 5.80. The van der Waals surface area contributed by atoms with Crippen LogP contribution in [-0.2, 0) is 38.8 Å². The molecule has 0 aliphatic carbocycles. The SMILES string of the molecule is c1cc(CN=C(NCCc2cnc[nH]2)NCCc2cnc[nH]2)nc(CN=C(NCCc2cnc[nH]2)NCCc2cnc[nH]2)c1. The van der Waals surface area contributed by atoms with Gasteiger partial charge in [-0.15, -0.1) is 0 Å². The van der Waals surface area contributed by atoms with Crippen molar-refractivity contribution in [3.63, 3.8) is 0 Å². The number of hydrogen-bond donors (Lipinski definition) is 8. The molecule has 230 valence electrons. The van der Waals surface area contributed by atoms with Gasteiger partial charge in [0.25, 0.3) is 0 Å². The van der Waals surface area contributed by atoms with Gasteiger partial charge in [0.1, 0.15) is 0 Å². The number of rotatable bonds is 16. The average molecular weight is 598 g/mol. The van der Waals surface area contributed by atoms with Crippen molar-refractivity contribution in [2.45, 2.75) is 38.8 Å². The first-order valence-electron chi connectivity index (χ1n) is 14.7. The highest BCUT2D eigenvalue weighted by atomic mass is 15.2. The Labute approximate surface area is 255 Å². The van der Waals surface area contributed by atoms with Crippen molar-refractivity contribution in [1.82, 2.24) is 66.1 Å². The van der Waals surface area contributed by atoms with Crippen molar-refractivity contribution in [3.05, 3.63) is 102 Å². The quantitative estimate of drug-likeness (QED) is 0.0604. The molecule has 15 heteroatoms. The lowest BCUT2D eigenvalue weighted by molar-refractivity contribution is 0.759. The molecule has 5 heterocycles. The van der Waals surface area contributed by atoms with E-state index in [9.17, 15) is 0 Å². The first kappa shape index (κ1) is 30.0. The summed E-state index contributed by atoms with van der Waals surface area (Å²) >= 11 is 0. The number of nitrogens with zero attached hydrogens (tertiary/aromatic N) is 7. The van der Waals surface area contributed by atoms with Crippen LogP contribution in [-0.4, -0.2) is 83.0 Å². The summed E-state index contributed by atoms with van der Waals surface area (Å²) in [5.41, 5.74) is 5.99. The standard InChI is InChI=1S/C29H39N15/c1-2-26(16-38-28(34-8-4-22-12-30-18-40-22)35-9-5-23-13-31-19-41-23)44-27(3-1)17-39-29(36-10-6-24-14-32-20-42-24)37-11-7-25-15-33-21-43-25/h1-3,12-15,18-21H,4-11,16-17H2,(H,30,40)(H,31,41)(H,32,42)(H,33,43)(H2,34,35,38)(H2,36,37,39). The van der Waals surface area contributed by atoms with E-state index in [0.717, 1.165) is 71.8 Å². The molecule has 5 aromatic rings. The van der Waals surface area contributed by atoms with E-state index in [1.165, 1.54) is 0 Å². The van der Waals surface area contributed by atoms with E-state index in [1.807, 2.05) is 43.0 Å². The minimum absolute atomic E-state index is 0.429. The van der Waals surface area contributed by atoms with E-state index >= 15 is 0 Å². The Morgan fingerprint density at radius 1 is 0.523 bits per heavy atom. The number of hydrogen-bond acceptors (Lipinski definition) is 7. The molecule has 0 spiro atoms. The molecule has 0 radical (unpaired) electrons. The third-order valence-corrected chi connectivity index (χ3v) is 6.63. The van der Waals surface area contributed by atoms with Crippen LogP contribution in [0, 0.1) is 0 Å². The summed E-state index contributed by atoms with van der Waals surface area (Å²) in [5, 5.41) is 13.6. The fraction of sp³-hybridized carbons (Fsp3) is 0.345. The van der Waals surface area contributed by atoms with Crippen LogP contribution < -0.4 is 21.3 Å². The number of nitrogens with one attached hydrogen (secondary N) is 8. The highest BCUT2D eigenvalue weighted by Gasteiger charge is 2.05. The van der Waals surface area contributed by atoms with Gasteiger partial charge in [-0.1, -0.05) is 6.07 Å². The number of H-pyrrole nitrogens is 4. The van der Waals surface area contributed by atoms with Crippen LogP contribution >= 0.6 is 0 Å². The predicted molar refractivity (Wildman–Crippen MR) is 168 cm³/mol. The summed E-state index contributed by atoms with van der Waals surface area (Å²) in [6.07, 6.45) is 17.3. The van der Waals surface area contributed by atoms with Crippen LogP contribution in [0.3, 0.4) is 0 Å². The highest BCUT2D eigenvalue weighted by Crippen LogP contribution is 2.04. The lowest BCUT2D eigenvalue weighted by Crippen LogP contribution is -2.39. The molecular weight excluding hydrogens is 558 g/mol. The van der Waals surface area contributed by atoms with Gasteiger partial charge in [0.05, 0.1) is 49.8 Å². The number of pyridine rings is 1. The van der Waals surface area contributed by atoms with Gasteiger partial charge in [-0.2, -0.15) is 0 Å². The lowest BCUT2D eigenvalue weighted by atomic mass is 10.3. The normalized spacial score (nSPS) is 10.7. The molecule has 0 fully saturated rings. The molecule has 44 heavy (non-hydrogen) atoms. The Kier molecular flexibility index (Phi) is 11.5. The molecule has 0 atom stereocenters. The van der Waals surface area contributed by atoms with E-state index in [4.69, 9.17) is 15.0 Å². The summed E-state index contributed by atoms with van der Waals surface area (Å²) < 4.78 is 0. The number of aromatic amines is 4. The topological polar surface area (TPSA) is 200 Å². The van der Waals surface area contributed by atoms with E-state index < -0.39 is 0 Å². The molecular formula is C29H39N15. The maximum absolute atomic E-state index is 4.82. The van der Waals surface area contributed by atoms with Crippen LogP contribution in [0.25, 0.3) is 0 Å². The first-order chi connectivity index (χ1) is 21.8. The zero-order valence-corrected chi connectivity index (χ0v) is 24.6. The fourth-order valence-electron chi connectivity index (χ4n) is 4.32. The van der Waals surface area contributed by atoms with Crippen LogP contribution in [0.1, 0.15) is 34.2 Å². The van der Waals surface area contributed by atoms with E-state index in [2.05, 4.69) is 61.1 Å². The summed E-state index contributed by atoms with van der Waals surface area (Å²) in [6, 6.07) is 5.96. The Balaban J connectivity index is 1.17. The number of aliphatic imine (C=N–C) groups is 2. The molecule has 15 nitrogen and oxygen atoms in total. The average Bonchev–Trinajstić information content (AvgIpc) is 3.88. The maximum Gasteiger partial charge on any atom is 0.191 e. The number of guanidine groups is 2. The van der Waals surface area contributed by atoms with Crippen LogP contribution in [0.2, 0.25) is 0 Å². The van der Waals surface area contributed by atoms with Crippen molar-refractivity contribution in [1.29, 1.82) is 0 Å². The Morgan fingerprint density at radius 3 is 1.16 bits per heavy atom. The van der Waals surface area contributed by atoms with Crippen molar-refractivity contribution >= 4 is 11.9 Å². The molecule has 0 saturated heterocycles. The van der Waals surface area contributed by atoms with Crippen LogP contribution in [0.4, 0.5) is 0 Å².